The van der Waals surface area contributed by atoms with Crippen molar-refractivity contribution in [2.75, 3.05) is 12.8 Å². The van der Waals surface area contributed by atoms with Gasteiger partial charge in [0.25, 0.3) is 0 Å². The summed E-state index contributed by atoms with van der Waals surface area (Å²) in [6.45, 7) is 4.03. The molecule has 0 bridgehead atoms. The Morgan fingerprint density at radius 2 is 2.00 bits per heavy atom. The topological polar surface area (TPSA) is 9.23 Å². The molecule has 0 rings (SSSR count). The Balaban J connectivity index is 0. The van der Waals surface area contributed by atoms with Crippen molar-refractivity contribution >= 4 is 48.3 Å². The maximum absolute atomic E-state index is 5.11. The van der Waals surface area contributed by atoms with Crippen LogP contribution in [0.15, 0.2) is 0 Å². The summed E-state index contributed by atoms with van der Waals surface area (Å²) in [6.07, 6.45) is 1.04. The van der Waals surface area contributed by atoms with E-state index in [0.717, 1.165) is 12.8 Å². The Morgan fingerprint density at radius 3 is 2.12 bits per heavy atom. The molecule has 0 aromatic heterocycles. The molecule has 0 aromatic rings. The van der Waals surface area contributed by atoms with Gasteiger partial charge in [-0.3, -0.25) is 0 Å². The summed E-state index contributed by atoms with van der Waals surface area (Å²) >= 11 is 4.92. The van der Waals surface area contributed by atoms with Gasteiger partial charge in [0, 0.05) is 6.61 Å². The van der Waals surface area contributed by atoms with Crippen molar-refractivity contribution in [3.63, 3.8) is 0 Å². The third kappa shape index (κ3) is 7.61. The molecule has 0 fully saturated rings. The van der Waals surface area contributed by atoms with Crippen LogP contribution in [0.3, 0.4) is 0 Å². The normalized spacial score (nSPS) is 12.2. The van der Waals surface area contributed by atoms with Gasteiger partial charge in [-0.05, 0) is 13.1 Å². The second kappa shape index (κ2) is 8.61. The van der Waals surface area contributed by atoms with Gasteiger partial charge >= 0.3 is 29.6 Å². The Hall–Kier alpha value is 1.61. The Kier molecular flexibility index (Phi) is 13.2. The van der Waals surface area contributed by atoms with Gasteiger partial charge in [-0.25, -0.2) is 0 Å². The van der Waals surface area contributed by atoms with E-state index in [4.69, 9.17) is 16.3 Å². The fraction of sp³-hybridized carbons (Fsp3) is 1.00. The summed E-state index contributed by atoms with van der Waals surface area (Å²) in [5.74, 6) is 0. The molecule has 0 saturated carbocycles. The second-order valence-corrected chi connectivity index (χ2v) is 4.26. The number of hydrogen-bond donors (Lipinski definition) is 0. The Labute approximate surface area is 79.0 Å². The average Bonchev–Trinajstić information content (AvgIpc) is 1.68. The molecule has 8 heavy (non-hydrogen) atoms. The Morgan fingerprint density at radius 1 is 1.50 bits per heavy atom. The molecule has 0 spiro atoms. The molecule has 1 unspecified atom stereocenters. The monoisotopic (exact) mass is 162 g/mol. The first-order valence-electron chi connectivity index (χ1n) is 2.46. The average molecular weight is 162 g/mol. The molecule has 0 aliphatic heterocycles. The van der Waals surface area contributed by atoms with Crippen LogP contribution in [-0.4, -0.2) is 42.3 Å². The van der Waals surface area contributed by atoms with Crippen molar-refractivity contribution in [1.82, 2.24) is 0 Å². The number of hydrogen-bond acceptors (Lipinski definition) is 2. The van der Waals surface area contributed by atoms with Crippen LogP contribution in [0, 0.1) is 0 Å². The molecule has 0 aromatic carbocycles. The van der Waals surface area contributed by atoms with E-state index in [2.05, 4.69) is 6.92 Å². The SMILES string of the molecule is CCO[PH](=S)CC.[NaH]. The van der Waals surface area contributed by atoms with Gasteiger partial charge in [-0.15, -0.1) is 0 Å². The number of rotatable bonds is 3. The summed E-state index contributed by atoms with van der Waals surface area (Å²) in [5.41, 5.74) is 0. The summed E-state index contributed by atoms with van der Waals surface area (Å²) < 4.78 is 5.11. The molecular weight excluding hydrogens is 150 g/mol. The fourth-order valence-electron chi connectivity index (χ4n) is 0.263. The van der Waals surface area contributed by atoms with Gasteiger partial charge in [0.1, 0.15) is 0 Å². The Bertz CT molecular complexity index is 69.1. The van der Waals surface area contributed by atoms with Crippen molar-refractivity contribution in [2.45, 2.75) is 13.8 Å². The molecule has 0 heterocycles. The standard InChI is InChI=1S/C4H11OPS.Na.H/c1-3-5-6(7)4-2;;/h6H,3-4H2,1-2H3;;. The maximum atomic E-state index is 5.11. The zero-order chi connectivity index (χ0) is 5.70. The van der Waals surface area contributed by atoms with Crippen LogP contribution in [0.25, 0.3) is 0 Å². The van der Waals surface area contributed by atoms with E-state index in [1.807, 2.05) is 6.92 Å². The van der Waals surface area contributed by atoms with Gasteiger partial charge in [-0.2, -0.15) is 0 Å². The van der Waals surface area contributed by atoms with Gasteiger partial charge in [0.2, 0.25) is 0 Å². The molecule has 4 heteroatoms. The van der Waals surface area contributed by atoms with Crippen LogP contribution in [0.1, 0.15) is 13.8 Å². The van der Waals surface area contributed by atoms with E-state index in [9.17, 15) is 0 Å². The quantitative estimate of drug-likeness (QED) is 0.452. The third-order valence-corrected chi connectivity index (χ3v) is 3.00. The first-order chi connectivity index (χ1) is 3.31. The van der Waals surface area contributed by atoms with E-state index in [-0.39, 0.29) is 29.6 Å². The first-order valence-corrected chi connectivity index (χ1v) is 5.21. The van der Waals surface area contributed by atoms with E-state index in [1.165, 1.54) is 0 Å². The minimum atomic E-state index is -0.797. The zero-order valence-electron chi connectivity index (χ0n) is 4.73. The van der Waals surface area contributed by atoms with E-state index < -0.39 is 6.92 Å². The van der Waals surface area contributed by atoms with Crippen LogP contribution in [0.4, 0.5) is 0 Å². The first kappa shape index (κ1) is 12.3. The van der Waals surface area contributed by atoms with Gasteiger partial charge in [-0.1, -0.05) is 18.7 Å². The fourth-order valence-corrected chi connectivity index (χ4v) is 1.14. The van der Waals surface area contributed by atoms with Crippen LogP contribution in [0.5, 0.6) is 0 Å². The molecule has 0 N–H and O–H groups in total. The van der Waals surface area contributed by atoms with Crippen molar-refractivity contribution < 1.29 is 4.52 Å². The van der Waals surface area contributed by atoms with Crippen molar-refractivity contribution in [2.24, 2.45) is 0 Å². The molecule has 0 aliphatic carbocycles. The van der Waals surface area contributed by atoms with E-state index in [1.54, 1.807) is 0 Å². The van der Waals surface area contributed by atoms with Gasteiger partial charge in [0.05, 0.1) is 6.92 Å². The van der Waals surface area contributed by atoms with E-state index >= 15 is 0 Å². The summed E-state index contributed by atoms with van der Waals surface area (Å²) in [5, 5.41) is 0. The summed E-state index contributed by atoms with van der Waals surface area (Å²) in [6, 6.07) is 0. The predicted octanol–water partition coefficient (Wildman–Crippen LogP) is 0.985. The molecule has 0 aliphatic rings. The summed E-state index contributed by atoms with van der Waals surface area (Å²) in [4.78, 5) is 0. The molecule has 0 saturated heterocycles. The van der Waals surface area contributed by atoms with Crippen molar-refractivity contribution in [3.8, 4) is 0 Å². The van der Waals surface area contributed by atoms with Crippen LogP contribution >= 0.6 is 6.92 Å². The van der Waals surface area contributed by atoms with Crippen molar-refractivity contribution in [1.29, 1.82) is 0 Å². The molecule has 46 valence electrons. The zero-order valence-corrected chi connectivity index (χ0v) is 6.55. The second-order valence-electron chi connectivity index (χ2n) is 1.16. The predicted molar refractivity (Wildman–Crippen MR) is 45.0 cm³/mol. The van der Waals surface area contributed by atoms with Gasteiger partial charge < -0.3 is 4.52 Å². The molecular formula is C4H12NaOPS. The molecule has 1 nitrogen and oxygen atoms in total. The van der Waals surface area contributed by atoms with Crippen LogP contribution in [-0.2, 0) is 16.3 Å². The molecule has 1 atom stereocenters. The summed E-state index contributed by atoms with van der Waals surface area (Å²) in [7, 11) is 0. The van der Waals surface area contributed by atoms with Crippen LogP contribution < -0.4 is 0 Å². The van der Waals surface area contributed by atoms with Crippen LogP contribution in [0.2, 0.25) is 0 Å². The van der Waals surface area contributed by atoms with Gasteiger partial charge in [0.15, 0.2) is 0 Å². The molecule has 0 radical (unpaired) electrons. The molecule has 0 amide bonds. The van der Waals surface area contributed by atoms with E-state index in [0.29, 0.717) is 0 Å². The third-order valence-electron chi connectivity index (χ3n) is 0.594. The van der Waals surface area contributed by atoms with Crippen molar-refractivity contribution in [3.05, 3.63) is 0 Å². The minimum absolute atomic E-state index is 0.